The highest BCUT2D eigenvalue weighted by atomic mass is 35.5. The number of hydrogen-bond donors (Lipinski definition) is 0. The van der Waals surface area contributed by atoms with E-state index in [0.717, 1.165) is 11.1 Å². The second-order valence-corrected chi connectivity index (χ2v) is 12.8. The quantitative estimate of drug-likeness (QED) is 0.256. The number of amides is 1. The molecular weight excluding hydrogens is 575 g/mol. The SMILES string of the molecule is CCOCCCN(CC(=O)N1CCc2sccc2[C@H]1c1ccc(Cl)cc1Cl)S(=O)(=O)c1ccc(Cl)cc1. The Morgan fingerprint density at radius 3 is 2.51 bits per heavy atom. The minimum Gasteiger partial charge on any atom is -0.382 e. The van der Waals surface area contributed by atoms with E-state index in [0.29, 0.717) is 47.7 Å². The van der Waals surface area contributed by atoms with Crippen molar-refractivity contribution < 1.29 is 17.9 Å². The van der Waals surface area contributed by atoms with Gasteiger partial charge in [-0.25, -0.2) is 8.42 Å². The summed E-state index contributed by atoms with van der Waals surface area (Å²) >= 11 is 20.3. The maximum absolute atomic E-state index is 13.8. The van der Waals surface area contributed by atoms with Gasteiger partial charge in [-0.3, -0.25) is 4.79 Å². The standard InChI is InChI=1S/C26H27Cl3N2O4S2/c1-2-35-14-3-12-30(37(33,34)20-7-4-18(27)5-8-20)17-25(32)31-13-10-24-22(11-15-36-24)26(31)21-9-6-19(28)16-23(21)29/h4-9,11,15-16,26H,2-3,10,12-14,17H2,1H3/t26-/m1/s1. The molecule has 1 aromatic heterocycles. The van der Waals surface area contributed by atoms with Crippen molar-refractivity contribution in [2.24, 2.45) is 0 Å². The van der Waals surface area contributed by atoms with Crippen LogP contribution in [-0.4, -0.2) is 56.4 Å². The third-order valence-electron chi connectivity index (χ3n) is 6.21. The molecule has 0 unspecified atom stereocenters. The first-order chi connectivity index (χ1) is 17.7. The smallest absolute Gasteiger partial charge is 0.243 e. The Labute approximate surface area is 236 Å². The molecule has 2 heterocycles. The number of sulfonamides is 1. The summed E-state index contributed by atoms with van der Waals surface area (Å²) in [6, 6.07) is 12.7. The van der Waals surface area contributed by atoms with Gasteiger partial charge in [0, 0.05) is 46.2 Å². The molecule has 1 atom stereocenters. The molecule has 0 bridgehead atoms. The lowest BCUT2D eigenvalue weighted by Gasteiger charge is -2.38. The molecular formula is C26H27Cl3N2O4S2. The van der Waals surface area contributed by atoms with Gasteiger partial charge in [0.1, 0.15) is 0 Å². The summed E-state index contributed by atoms with van der Waals surface area (Å²) in [6.07, 6.45) is 1.14. The van der Waals surface area contributed by atoms with Crippen LogP contribution in [0.15, 0.2) is 58.8 Å². The molecule has 37 heavy (non-hydrogen) atoms. The molecule has 4 rings (SSSR count). The molecule has 0 spiro atoms. The van der Waals surface area contributed by atoms with Crippen molar-refractivity contribution in [2.75, 3.05) is 32.8 Å². The molecule has 1 amide bonds. The maximum atomic E-state index is 13.8. The van der Waals surface area contributed by atoms with E-state index < -0.39 is 16.1 Å². The van der Waals surface area contributed by atoms with Gasteiger partial charge in [0.05, 0.1) is 17.5 Å². The van der Waals surface area contributed by atoms with Crippen molar-refractivity contribution in [3.05, 3.63) is 85.0 Å². The molecule has 6 nitrogen and oxygen atoms in total. The zero-order valence-electron chi connectivity index (χ0n) is 20.2. The summed E-state index contributed by atoms with van der Waals surface area (Å²) in [5.41, 5.74) is 1.75. The molecule has 0 radical (unpaired) electrons. The number of carbonyl (C=O) groups is 1. The summed E-state index contributed by atoms with van der Waals surface area (Å²) < 4.78 is 33.8. The Morgan fingerprint density at radius 2 is 1.81 bits per heavy atom. The molecule has 11 heteroatoms. The number of carbonyl (C=O) groups excluding carboxylic acids is 1. The van der Waals surface area contributed by atoms with Gasteiger partial charge in [-0.1, -0.05) is 40.9 Å². The van der Waals surface area contributed by atoms with Crippen LogP contribution in [0.3, 0.4) is 0 Å². The van der Waals surface area contributed by atoms with E-state index in [1.807, 2.05) is 24.4 Å². The third-order valence-corrected chi connectivity index (χ3v) is 9.88. The van der Waals surface area contributed by atoms with Gasteiger partial charge in [0.25, 0.3) is 0 Å². The molecule has 2 aromatic carbocycles. The third kappa shape index (κ3) is 6.50. The van der Waals surface area contributed by atoms with Gasteiger partial charge in [-0.2, -0.15) is 4.31 Å². The first kappa shape index (κ1) is 28.4. The van der Waals surface area contributed by atoms with Gasteiger partial charge in [0.15, 0.2) is 0 Å². The average Bonchev–Trinajstić information content (AvgIpc) is 3.35. The Hall–Kier alpha value is -1.65. The zero-order valence-corrected chi connectivity index (χ0v) is 24.1. The molecule has 0 fully saturated rings. The number of nitrogens with zero attached hydrogens (tertiary/aromatic N) is 2. The van der Waals surface area contributed by atoms with E-state index in [4.69, 9.17) is 39.5 Å². The van der Waals surface area contributed by atoms with Crippen LogP contribution in [0, 0.1) is 0 Å². The van der Waals surface area contributed by atoms with E-state index in [1.165, 1.54) is 33.4 Å². The summed E-state index contributed by atoms with van der Waals surface area (Å²) in [5.74, 6) is -0.304. The maximum Gasteiger partial charge on any atom is 0.243 e. The lowest BCUT2D eigenvalue weighted by atomic mass is 9.93. The van der Waals surface area contributed by atoms with Crippen LogP contribution in [0.1, 0.15) is 35.4 Å². The van der Waals surface area contributed by atoms with Gasteiger partial charge < -0.3 is 9.64 Å². The van der Waals surface area contributed by atoms with Crippen LogP contribution in [0.5, 0.6) is 0 Å². The number of halogens is 3. The lowest BCUT2D eigenvalue weighted by molar-refractivity contribution is -0.133. The van der Waals surface area contributed by atoms with Crippen molar-refractivity contribution in [3.8, 4) is 0 Å². The molecule has 3 aromatic rings. The highest BCUT2D eigenvalue weighted by molar-refractivity contribution is 7.89. The predicted molar refractivity (Wildman–Crippen MR) is 149 cm³/mol. The Morgan fingerprint density at radius 1 is 1.08 bits per heavy atom. The van der Waals surface area contributed by atoms with Crippen molar-refractivity contribution in [1.29, 1.82) is 0 Å². The summed E-state index contributed by atoms with van der Waals surface area (Å²) in [5, 5.41) is 3.39. The average molecular weight is 602 g/mol. The second kappa shape index (κ2) is 12.5. The number of fused-ring (bicyclic) bond motifs is 1. The van der Waals surface area contributed by atoms with Crippen molar-refractivity contribution in [3.63, 3.8) is 0 Å². The van der Waals surface area contributed by atoms with Crippen LogP contribution in [0.25, 0.3) is 0 Å². The van der Waals surface area contributed by atoms with Gasteiger partial charge in [0.2, 0.25) is 15.9 Å². The fraction of sp³-hybridized carbons (Fsp3) is 0.346. The largest absolute Gasteiger partial charge is 0.382 e. The monoisotopic (exact) mass is 600 g/mol. The van der Waals surface area contributed by atoms with Crippen LogP contribution < -0.4 is 0 Å². The van der Waals surface area contributed by atoms with E-state index >= 15 is 0 Å². The number of rotatable bonds is 10. The Kier molecular flexibility index (Phi) is 9.56. The highest BCUT2D eigenvalue weighted by Crippen LogP contribution is 2.41. The molecule has 0 aliphatic carbocycles. The van der Waals surface area contributed by atoms with Crippen LogP contribution >= 0.6 is 46.1 Å². The van der Waals surface area contributed by atoms with Crippen molar-refractivity contribution in [1.82, 2.24) is 9.21 Å². The second-order valence-electron chi connectivity index (χ2n) is 8.55. The van der Waals surface area contributed by atoms with Gasteiger partial charge in [-0.15, -0.1) is 11.3 Å². The van der Waals surface area contributed by atoms with E-state index in [-0.39, 0.29) is 23.9 Å². The fourth-order valence-electron chi connectivity index (χ4n) is 4.41. The Bertz CT molecular complexity index is 1350. The minimum atomic E-state index is -3.95. The topological polar surface area (TPSA) is 66.9 Å². The van der Waals surface area contributed by atoms with Crippen molar-refractivity contribution in [2.45, 2.75) is 30.7 Å². The van der Waals surface area contributed by atoms with E-state index in [1.54, 1.807) is 28.4 Å². The number of ether oxygens (including phenoxy) is 1. The number of benzene rings is 2. The lowest BCUT2D eigenvalue weighted by Crippen LogP contribution is -2.47. The molecule has 1 aliphatic heterocycles. The first-order valence-electron chi connectivity index (χ1n) is 11.9. The number of hydrogen-bond acceptors (Lipinski definition) is 5. The van der Waals surface area contributed by atoms with Crippen LogP contribution in [0.2, 0.25) is 15.1 Å². The predicted octanol–water partition coefficient (Wildman–Crippen LogP) is 6.30. The molecule has 0 saturated carbocycles. The van der Waals surface area contributed by atoms with Crippen LogP contribution in [-0.2, 0) is 26.0 Å². The Balaban J connectivity index is 1.65. The first-order valence-corrected chi connectivity index (χ1v) is 15.3. The summed E-state index contributed by atoms with van der Waals surface area (Å²) in [4.78, 5) is 16.8. The fourth-order valence-corrected chi connectivity index (χ4v) is 7.38. The molecule has 1 aliphatic rings. The summed E-state index contributed by atoms with van der Waals surface area (Å²) in [7, 11) is -3.95. The van der Waals surface area contributed by atoms with Crippen LogP contribution in [0.4, 0.5) is 0 Å². The zero-order chi connectivity index (χ0) is 26.6. The van der Waals surface area contributed by atoms with Crippen molar-refractivity contribution >= 4 is 62.1 Å². The summed E-state index contributed by atoms with van der Waals surface area (Å²) in [6.45, 7) is 3.08. The number of thiophene rings is 1. The molecule has 0 N–H and O–H groups in total. The van der Waals surface area contributed by atoms with E-state index in [9.17, 15) is 13.2 Å². The minimum absolute atomic E-state index is 0.0807. The van der Waals surface area contributed by atoms with Gasteiger partial charge in [-0.05, 0) is 78.7 Å². The molecule has 0 saturated heterocycles. The normalized spacial score (nSPS) is 15.7. The molecule has 198 valence electrons. The van der Waals surface area contributed by atoms with E-state index in [2.05, 4.69) is 0 Å². The van der Waals surface area contributed by atoms with Gasteiger partial charge >= 0.3 is 0 Å². The highest BCUT2D eigenvalue weighted by Gasteiger charge is 2.36.